The van der Waals surface area contributed by atoms with Crippen LogP contribution in [-0.2, 0) is 9.59 Å². The molecule has 156 valence electrons. The Labute approximate surface area is 176 Å². The van der Waals surface area contributed by atoms with Crippen molar-refractivity contribution in [3.05, 3.63) is 35.4 Å². The Balaban J connectivity index is 1.56. The van der Waals surface area contributed by atoms with E-state index in [-0.39, 0.29) is 35.1 Å². The summed E-state index contributed by atoms with van der Waals surface area (Å²) in [6.07, 6.45) is 2.58. The maximum Gasteiger partial charge on any atom is 0.256 e. The van der Waals surface area contributed by atoms with Gasteiger partial charge in [-0.25, -0.2) is 0 Å². The van der Waals surface area contributed by atoms with Crippen LogP contribution in [0.25, 0.3) is 0 Å². The first-order valence-corrected chi connectivity index (χ1v) is 11.3. The molecule has 1 saturated heterocycles. The monoisotopic (exact) mass is 415 g/mol. The molecule has 2 N–H and O–H groups in total. The molecule has 3 amide bonds. The second kappa shape index (κ2) is 7.35. The van der Waals surface area contributed by atoms with Gasteiger partial charge in [0, 0.05) is 16.4 Å². The van der Waals surface area contributed by atoms with Gasteiger partial charge >= 0.3 is 0 Å². The Morgan fingerprint density at radius 3 is 2.59 bits per heavy atom. The molecular weight excluding hydrogens is 386 g/mol. The minimum absolute atomic E-state index is 0.105. The van der Waals surface area contributed by atoms with E-state index in [9.17, 15) is 14.4 Å². The molecule has 0 unspecified atom stereocenters. The average molecular weight is 416 g/mol. The van der Waals surface area contributed by atoms with Crippen molar-refractivity contribution >= 4 is 29.5 Å². The van der Waals surface area contributed by atoms with Crippen LogP contribution in [0.4, 0.5) is 0 Å². The predicted molar refractivity (Wildman–Crippen MR) is 113 cm³/mol. The maximum absolute atomic E-state index is 13.4. The molecule has 4 rings (SSSR count). The number of fused-ring (bicyclic) bond motifs is 3. The molecule has 0 aromatic heterocycles. The molecule has 1 aromatic rings. The molecule has 1 aliphatic carbocycles. The second-order valence-electron chi connectivity index (χ2n) is 9.25. The first-order valence-electron chi connectivity index (χ1n) is 10.4. The molecular formula is C22H29N3O3S. The minimum Gasteiger partial charge on any atom is -0.352 e. The maximum atomic E-state index is 13.4. The van der Waals surface area contributed by atoms with Crippen molar-refractivity contribution in [1.29, 1.82) is 0 Å². The van der Waals surface area contributed by atoms with E-state index < -0.39 is 16.8 Å². The van der Waals surface area contributed by atoms with E-state index in [0.717, 1.165) is 18.4 Å². The molecule has 0 bridgehead atoms. The van der Waals surface area contributed by atoms with Gasteiger partial charge in [0.15, 0.2) is 0 Å². The average Bonchev–Trinajstić information content (AvgIpc) is 3.36. The number of hydrogen-bond donors (Lipinski definition) is 2. The van der Waals surface area contributed by atoms with Crippen molar-refractivity contribution in [2.45, 2.75) is 75.2 Å². The molecule has 2 fully saturated rings. The van der Waals surface area contributed by atoms with E-state index in [0.29, 0.717) is 12.0 Å². The van der Waals surface area contributed by atoms with Crippen molar-refractivity contribution in [3.63, 3.8) is 0 Å². The first kappa shape index (κ1) is 20.3. The van der Waals surface area contributed by atoms with E-state index in [1.54, 1.807) is 16.7 Å². The number of carbonyl (C=O) groups excluding carboxylic acids is 3. The van der Waals surface area contributed by atoms with Crippen molar-refractivity contribution < 1.29 is 14.4 Å². The summed E-state index contributed by atoms with van der Waals surface area (Å²) in [5.41, 5.74) is 1.64. The third-order valence-corrected chi connectivity index (χ3v) is 7.34. The lowest BCUT2D eigenvalue weighted by molar-refractivity contribution is -0.132. The highest BCUT2D eigenvalue weighted by atomic mass is 32.2. The summed E-state index contributed by atoms with van der Waals surface area (Å²) < 4.78 is -0.451. The SMILES string of the molecule is CC(C)C[C@H](NC(=O)[C@H]1N2C(=O)c3ccccc3[C@H]2SC1(C)C)C(=O)NC1CC1. The van der Waals surface area contributed by atoms with Gasteiger partial charge < -0.3 is 15.5 Å². The van der Waals surface area contributed by atoms with Crippen molar-refractivity contribution in [2.75, 3.05) is 0 Å². The van der Waals surface area contributed by atoms with Crippen LogP contribution < -0.4 is 10.6 Å². The van der Waals surface area contributed by atoms with Gasteiger partial charge in [-0.1, -0.05) is 32.0 Å². The van der Waals surface area contributed by atoms with Crippen LogP contribution in [0.5, 0.6) is 0 Å². The molecule has 2 aliphatic heterocycles. The highest BCUT2D eigenvalue weighted by Gasteiger charge is 2.57. The van der Waals surface area contributed by atoms with E-state index in [4.69, 9.17) is 0 Å². The lowest BCUT2D eigenvalue weighted by atomic mass is 9.98. The molecule has 3 atom stereocenters. The third-order valence-electron chi connectivity index (χ3n) is 5.81. The van der Waals surface area contributed by atoms with E-state index in [2.05, 4.69) is 10.6 Å². The Morgan fingerprint density at radius 2 is 1.93 bits per heavy atom. The number of nitrogens with one attached hydrogen (secondary N) is 2. The summed E-state index contributed by atoms with van der Waals surface area (Å²) in [6.45, 7) is 8.07. The highest BCUT2D eigenvalue weighted by Crippen LogP contribution is 2.56. The number of thioether (sulfide) groups is 1. The van der Waals surface area contributed by atoms with Gasteiger partial charge in [-0.05, 0) is 50.7 Å². The molecule has 2 heterocycles. The molecule has 7 heteroatoms. The van der Waals surface area contributed by atoms with Gasteiger partial charge in [0.1, 0.15) is 17.5 Å². The molecule has 0 radical (unpaired) electrons. The lowest BCUT2D eigenvalue weighted by Gasteiger charge is -2.31. The van der Waals surface area contributed by atoms with Crippen LogP contribution >= 0.6 is 11.8 Å². The fourth-order valence-electron chi connectivity index (χ4n) is 4.29. The fourth-order valence-corrected chi connectivity index (χ4v) is 5.88. The Hall–Kier alpha value is -2.02. The Kier molecular flexibility index (Phi) is 5.13. The van der Waals surface area contributed by atoms with Crippen molar-refractivity contribution in [2.24, 2.45) is 5.92 Å². The quantitative estimate of drug-likeness (QED) is 0.749. The lowest BCUT2D eigenvalue weighted by Crippen LogP contribution is -2.57. The minimum atomic E-state index is -0.624. The van der Waals surface area contributed by atoms with E-state index >= 15 is 0 Å². The van der Waals surface area contributed by atoms with Crippen LogP contribution in [0, 0.1) is 5.92 Å². The van der Waals surface area contributed by atoms with Crippen LogP contribution in [0.3, 0.4) is 0 Å². The zero-order valence-electron chi connectivity index (χ0n) is 17.4. The first-order chi connectivity index (χ1) is 13.7. The summed E-state index contributed by atoms with van der Waals surface area (Å²) in [5.74, 6) is -0.207. The zero-order valence-corrected chi connectivity index (χ0v) is 18.2. The van der Waals surface area contributed by atoms with Gasteiger partial charge in [0.2, 0.25) is 11.8 Å². The number of amides is 3. The van der Waals surface area contributed by atoms with Crippen LogP contribution in [0.15, 0.2) is 24.3 Å². The van der Waals surface area contributed by atoms with Gasteiger partial charge in [0.05, 0.1) is 0 Å². The number of nitrogens with zero attached hydrogens (tertiary/aromatic N) is 1. The Bertz CT molecular complexity index is 849. The molecule has 3 aliphatic rings. The van der Waals surface area contributed by atoms with E-state index in [1.807, 2.05) is 52.0 Å². The number of hydrogen-bond acceptors (Lipinski definition) is 4. The number of benzene rings is 1. The van der Waals surface area contributed by atoms with E-state index in [1.165, 1.54) is 0 Å². The predicted octanol–water partition coefficient (Wildman–Crippen LogP) is 2.84. The largest absolute Gasteiger partial charge is 0.352 e. The highest BCUT2D eigenvalue weighted by molar-refractivity contribution is 8.01. The summed E-state index contributed by atoms with van der Waals surface area (Å²) in [7, 11) is 0. The number of rotatable bonds is 6. The molecule has 0 spiro atoms. The molecule has 29 heavy (non-hydrogen) atoms. The summed E-state index contributed by atoms with van der Waals surface area (Å²) in [4.78, 5) is 40.9. The normalized spacial score (nSPS) is 25.6. The van der Waals surface area contributed by atoms with Gasteiger partial charge in [-0.2, -0.15) is 0 Å². The Morgan fingerprint density at radius 1 is 1.24 bits per heavy atom. The summed E-state index contributed by atoms with van der Waals surface area (Å²) in [5, 5.41) is 5.83. The smallest absolute Gasteiger partial charge is 0.256 e. The molecule has 1 saturated carbocycles. The zero-order chi connectivity index (χ0) is 20.9. The molecule has 6 nitrogen and oxygen atoms in total. The third kappa shape index (κ3) is 3.77. The van der Waals surface area contributed by atoms with Gasteiger partial charge in [-0.3, -0.25) is 14.4 Å². The van der Waals surface area contributed by atoms with Crippen LogP contribution in [0.1, 0.15) is 68.3 Å². The van der Waals surface area contributed by atoms with Gasteiger partial charge in [-0.15, -0.1) is 11.8 Å². The van der Waals surface area contributed by atoms with Crippen LogP contribution in [-0.4, -0.2) is 45.5 Å². The van der Waals surface area contributed by atoms with Crippen molar-refractivity contribution in [3.8, 4) is 0 Å². The standard InChI is InChI=1S/C22H29N3O3S/c1-12(2)11-16(18(26)23-13-9-10-13)24-19(27)17-22(3,4)29-21-15-8-6-5-7-14(15)20(28)25(17)21/h5-8,12-13,16-17,21H,9-11H2,1-4H3,(H,23,26)(H,24,27)/t16-,17+,21+/m0/s1. The topological polar surface area (TPSA) is 78.5 Å². The summed E-state index contributed by atoms with van der Waals surface area (Å²) >= 11 is 1.64. The van der Waals surface area contributed by atoms with Crippen molar-refractivity contribution in [1.82, 2.24) is 15.5 Å². The van der Waals surface area contributed by atoms with Crippen LogP contribution in [0.2, 0.25) is 0 Å². The second-order valence-corrected chi connectivity index (χ2v) is 11.0. The van der Waals surface area contributed by atoms with Gasteiger partial charge in [0.25, 0.3) is 5.91 Å². The fraction of sp³-hybridized carbons (Fsp3) is 0.591. The number of carbonyl (C=O) groups is 3. The molecule has 1 aromatic carbocycles. The summed E-state index contributed by atoms with van der Waals surface area (Å²) in [6, 6.07) is 6.60.